The normalized spacial score (nSPS) is 19.6. The second-order valence-corrected chi connectivity index (χ2v) is 5.43. The molecule has 0 radical (unpaired) electrons. The quantitative estimate of drug-likeness (QED) is 0.812. The molecule has 1 aliphatic rings. The Morgan fingerprint density at radius 1 is 1.48 bits per heavy atom. The fraction of sp³-hybridized carbons (Fsp3) is 0.375. The Kier molecular flexibility index (Phi) is 4.10. The Morgan fingerprint density at radius 3 is 3.19 bits per heavy atom. The number of benzene rings is 1. The molecule has 1 aromatic heterocycles. The highest BCUT2D eigenvalue weighted by atomic mass is 19.1. The topological polar surface area (TPSA) is 46.3 Å². The SMILES string of the molecule is O=CC1CCCN(Cc2coc(-c3cccc(F)c3)n2)C1. The van der Waals surface area contributed by atoms with E-state index in [1.54, 1.807) is 18.4 Å². The lowest BCUT2D eigenvalue weighted by Gasteiger charge is -2.29. The highest BCUT2D eigenvalue weighted by molar-refractivity contribution is 5.54. The number of oxazole rings is 1. The van der Waals surface area contributed by atoms with Gasteiger partial charge >= 0.3 is 0 Å². The third-order valence-electron chi connectivity index (χ3n) is 3.74. The van der Waals surface area contributed by atoms with E-state index in [-0.39, 0.29) is 11.7 Å². The van der Waals surface area contributed by atoms with Crippen LogP contribution >= 0.6 is 0 Å². The van der Waals surface area contributed by atoms with Crippen molar-refractivity contribution in [2.45, 2.75) is 19.4 Å². The molecular formula is C16H17FN2O2. The predicted molar refractivity (Wildman–Crippen MR) is 76.0 cm³/mol. The molecule has 0 saturated carbocycles. The molecule has 2 aromatic rings. The van der Waals surface area contributed by atoms with Gasteiger partial charge in [-0.05, 0) is 37.6 Å². The fourth-order valence-electron chi connectivity index (χ4n) is 2.71. The van der Waals surface area contributed by atoms with Gasteiger partial charge in [-0.1, -0.05) is 6.07 Å². The Bertz CT molecular complexity index is 626. The average Bonchev–Trinajstić information content (AvgIpc) is 2.96. The molecule has 4 nitrogen and oxygen atoms in total. The van der Waals surface area contributed by atoms with Crippen molar-refractivity contribution in [3.05, 3.63) is 42.0 Å². The monoisotopic (exact) mass is 288 g/mol. The van der Waals surface area contributed by atoms with Crippen LogP contribution in [0.15, 0.2) is 34.9 Å². The number of halogens is 1. The van der Waals surface area contributed by atoms with E-state index in [2.05, 4.69) is 9.88 Å². The van der Waals surface area contributed by atoms with Crippen LogP contribution in [0.2, 0.25) is 0 Å². The summed E-state index contributed by atoms with van der Waals surface area (Å²) in [7, 11) is 0. The van der Waals surface area contributed by atoms with Gasteiger partial charge in [0.05, 0.1) is 5.69 Å². The van der Waals surface area contributed by atoms with Gasteiger partial charge in [-0.15, -0.1) is 0 Å². The number of carbonyl (C=O) groups excluding carboxylic acids is 1. The second-order valence-electron chi connectivity index (χ2n) is 5.43. The van der Waals surface area contributed by atoms with Crippen molar-refractivity contribution >= 4 is 6.29 Å². The second kappa shape index (κ2) is 6.18. The minimum Gasteiger partial charge on any atom is -0.444 e. The molecule has 1 saturated heterocycles. The first-order chi connectivity index (χ1) is 10.2. The maximum Gasteiger partial charge on any atom is 0.226 e. The van der Waals surface area contributed by atoms with Crippen LogP contribution in [0, 0.1) is 11.7 Å². The number of hydrogen-bond acceptors (Lipinski definition) is 4. The summed E-state index contributed by atoms with van der Waals surface area (Å²) < 4.78 is 18.6. The zero-order valence-corrected chi connectivity index (χ0v) is 11.7. The molecule has 0 bridgehead atoms. The third-order valence-corrected chi connectivity index (χ3v) is 3.74. The summed E-state index contributed by atoms with van der Waals surface area (Å²) in [5.41, 5.74) is 1.44. The molecule has 21 heavy (non-hydrogen) atoms. The number of likely N-dealkylation sites (tertiary alicyclic amines) is 1. The van der Waals surface area contributed by atoms with Gasteiger partial charge in [-0.2, -0.15) is 0 Å². The molecule has 0 N–H and O–H groups in total. The van der Waals surface area contributed by atoms with Gasteiger partial charge in [0.15, 0.2) is 0 Å². The molecule has 110 valence electrons. The number of rotatable bonds is 4. The van der Waals surface area contributed by atoms with Gasteiger partial charge in [0.2, 0.25) is 5.89 Å². The van der Waals surface area contributed by atoms with Crippen LogP contribution < -0.4 is 0 Å². The van der Waals surface area contributed by atoms with Gasteiger partial charge in [0.25, 0.3) is 0 Å². The predicted octanol–water partition coefficient (Wildman–Crippen LogP) is 2.89. The largest absolute Gasteiger partial charge is 0.444 e. The van der Waals surface area contributed by atoms with Crippen LogP contribution in [0.1, 0.15) is 18.5 Å². The van der Waals surface area contributed by atoms with Crippen molar-refractivity contribution in [2.75, 3.05) is 13.1 Å². The van der Waals surface area contributed by atoms with Gasteiger partial charge in [0, 0.05) is 24.6 Å². The van der Waals surface area contributed by atoms with E-state index in [0.29, 0.717) is 18.0 Å². The van der Waals surface area contributed by atoms with Gasteiger partial charge in [0.1, 0.15) is 18.4 Å². The summed E-state index contributed by atoms with van der Waals surface area (Å²) >= 11 is 0. The van der Waals surface area contributed by atoms with Crippen LogP contribution in [0.25, 0.3) is 11.5 Å². The number of aromatic nitrogens is 1. The van der Waals surface area contributed by atoms with E-state index >= 15 is 0 Å². The van der Waals surface area contributed by atoms with Crippen LogP contribution in [0.5, 0.6) is 0 Å². The molecule has 1 fully saturated rings. The van der Waals surface area contributed by atoms with E-state index in [0.717, 1.165) is 37.9 Å². The summed E-state index contributed by atoms with van der Waals surface area (Å²) in [6.45, 7) is 2.39. The van der Waals surface area contributed by atoms with E-state index in [1.807, 2.05) is 0 Å². The molecule has 1 aromatic carbocycles. The molecule has 1 aliphatic heterocycles. The first kappa shape index (κ1) is 13.9. The van der Waals surface area contributed by atoms with Crippen LogP contribution in [-0.2, 0) is 11.3 Å². The lowest BCUT2D eigenvalue weighted by molar-refractivity contribution is -0.112. The fourth-order valence-corrected chi connectivity index (χ4v) is 2.71. The highest BCUT2D eigenvalue weighted by Crippen LogP contribution is 2.21. The lowest BCUT2D eigenvalue weighted by Crippen LogP contribution is -2.35. The number of hydrogen-bond donors (Lipinski definition) is 0. The molecule has 0 aliphatic carbocycles. The molecule has 2 heterocycles. The zero-order chi connectivity index (χ0) is 14.7. The molecule has 0 amide bonds. The number of piperidine rings is 1. The Hall–Kier alpha value is -2.01. The molecular weight excluding hydrogens is 271 g/mol. The van der Waals surface area contributed by atoms with Gasteiger partial charge in [-0.25, -0.2) is 9.37 Å². The summed E-state index contributed by atoms with van der Waals surface area (Å²) in [5, 5.41) is 0. The molecule has 1 atom stereocenters. The van der Waals surface area contributed by atoms with Crippen molar-refractivity contribution in [3.63, 3.8) is 0 Å². The lowest BCUT2D eigenvalue weighted by atomic mass is 10.00. The van der Waals surface area contributed by atoms with E-state index in [9.17, 15) is 9.18 Å². The number of aldehydes is 1. The van der Waals surface area contributed by atoms with Crippen molar-refractivity contribution < 1.29 is 13.6 Å². The smallest absolute Gasteiger partial charge is 0.226 e. The van der Waals surface area contributed by atoms with Crippen molar-refractivity contribution in [2.24, 2.45) is 5.92 Å². The van der Waals surface area contributed by atoms with Crippen molar-refractivity contribution in [1.29, 1.82) is 0 Å². The number of carbonyl (C=O) groups is 1. The van der Waals surface area contributed by atoms with Crippen LogP contribution in [0.4, 0.5) is 4.39 Å². The first-order valence-electron chi connectivity index (χ1n) is 7.12. The third kappa shape index (κ3) is 3.36. The minimum absolute atomic E-state index is 0.119. The Morgan fingerprint density at radius 2 is 2.38 bits per heavy atom. The van der Waals surface area contributed by atoms with Crippen LogP contribution in [-0.4, -0.2) is 29.3 Å². The van der Waals surface area contributed by atoms with E-state index < -0.39 is 0 Å². The first-order valence-corrected chi connectivity index (χ1v) is 7.12. The van der Waals surface area contributed by atoms with Gasteiger partial charge in [-0.3, -0.25) is 4.90 Å². The molecule has 3 rings (SSSR count). The van der Waals surface area contributed by atoms with E-state index in [1.165, 1.54) is 12.1 Å². The Balaban J connectivity index is 1.69. The summed E-state index contributed by atoms with van der Waals surface area (Å²) in [6.07, 6.45) is 4.63. The van der Waals surface area contributed by atoms with Crippen molar-refractivity contribution in [1.82, 2.24) is 9.88 Å². The summed E-state index contributed by atoms with van der Waals surface area (Å²) in [6, 6.07) is 6.19. The zero-order valence-electron chi connectivity index (χ0n) is 11.7. The molecule has 5 heteroatoms. The Labute approximate surface area is 122 Å². The molecule has 0 spiro atoms. The average molecular weight is 288 g/mol. The molecule has 1 unspecified atom stereocenters. The van der Waals surface area contributed by atoms with Crippen molar-refractivity contribution in [3.8, 4) is 11.5 Å². The number of nitrogens with zero attached hydrogens (tertiary/aromatic N) is 2. The van der Waals surface area contributed by atoms with Crippen LogP contribution in [0.3, 0.4) is 0 Å². The van der Waals surface area contributed by atoms with Gasteiger partial charge < -0.3 is 9.21 Å². The standard InChI is InChI=1S/C16H17FN2O2/c17-14-5-1-4-13(7-14)16-18-15(11-21-16)9-19-6-2-3-12(8-19)10-20/h1,4-5,7,10-12H,2-3,6,8-9H2. The highest BCUT2D eigenvalue weighted by Gasteiger charge is 2.20. The maximum atomic E-state index is 13.2. The van der Waals surface area contributed by atoms with E-state index in [4.69, 9.17) is 4.42 Å². The maximum absolute atomic E-state index is 13.2. The summed E-state index contributed by atoms with van der Waals surface area (Å²) in [5.74, 6) is 0.235. The summed E-state index contributed by atoms with van der Waals surface area (Å²) in [4.78, 5) is 17.5. The minimum atomic E-state index is -0.308.